The van der Waals surface area contributed by atoms with Crippen LogP contribution >= 0.6 is 11.6 Å². The summed E-state index contributed by atoms with van der Waals surface area (Å²) in [7, 11) is -0.000400. The van der Waals surface area contributed by atoms with E-state index in [0.29, 0.717) is 23.2 Å². The number of sulfonamides is 1. The molecule has 2 rings (SSSR count). The molecule has 9 heteroatoms. The fourth-order valence-corrected chi connectivity index (χ4v) is 3.36. The lowest BCUT2D eigenvalue weighted by Gasteiger charge is -2.21. The number of anilines is 2. The lowest BCUT2D eigenvalue weighted by atomic mass is 10.2. The van der Waals surface area contributed by atoms with Crippen LogP contribution in [0.15, 0.2) is 35.5 Å². The number of hydrogen-bond acceptors (Lipinski definition) is 6. The van der Waals surface area contributed by atoms with Crippen molar-refractivity contribution < 1.29 is 8.42 Å². The van der Waals surface area contributed by atoms with E-state index in [1.165, 1.54) is 6.33 Å². The zero-order valence-corrected chi connectivity index (χ0v) is 15.3. The first kappa shape index (κ1) is 18.4. The number of likely N-dealkylation sites (N-methyl/N-ethyl adjacent to an activating group) is 1. The monoisotopic (exact) mass is 369 g/mol. The molecule has 0 aliphatic carbocycles. The lowest BCUT2D eigenvalue weighted by molar-refractivity contribution is 0.581. The molecule has 0 aliphatic heterocycles. The molecule has 0 atom stereocenters. The largest absolute Gasteiger partial charge is 0.383 e. The van der Waals surface area contributed by atoms with E-state index in [0.717, 1.165) is 5.56 Å². The molecule has 24 heavy (non-hydrogen) atoms. The van der Waals surface area contributed by atoms with Crippen molar-refractivity contribution in [3.05, 3.63) is 41.3 Å². The van der Waals surface area contributed by atoms with E-state index in [-0.39, 0.29) is 11.4 Å². The Hall–Kier alpha value is -1.90. The van der Waals surface area contributed by atoms with Gasteiger partial charge in [-0.05, 0) is 19.1 Å². The van der Waals surface area contributed by atoms with Crippen molar-refractivity contribution in [1.82, 2.24) is 14.7 Å². The highest BCUT2D eigenvalue weighted by atomic mass is 35.5. The number of rotatable bonds is 7. The highest BCUT2D eigenvalue weighted by Crippen LogP contribution is 2.27. The maximum Gasteiger partial charge on any atom is 0.240 e. The van der Waals surface area contributed by atoms with Crippen LogP contribution in [0, 0.1) is 6.92 Å². The van der Waals surface area contributed by atoms with Gasteiger partial charge >= 0.3 is 0 Å². The van der Waals surface area contributed by atoms with Gasteiger partial charge in [-0.1, -0.05) is 29.3 Å². The average Bonchev–Trinajstić information content (AvgIpc) is 2.54. The maximum absolute atomic E-state index is 12.2. The predicted molar refractivity (Wildman–Crippen MR) is 96.2 cm³/mol. The summed E-state index contributed by atoms with van der Waals surface area (Å²) >= 11 is 6.02. The maximum atomic E-state index is 12.2. The Labute approximate surface area is 147 Å². The lowest BCUT2D eigenvalue weighted by Crippen LogP contribution is -2.33. The normalized spacial score (nSPS) is 11.3. The number of aryl methyl sites for hydroxylation is 1. The zero-order valence-electron chi connectivity index (χ0n) is 13.7. The number of hydrogen-bond donors (Lipinski definition) is 2. The summed E-state index contributed by atoms with van der Waals surface area (Å²) in [4.78, 5) is 10.1. The Morgan fingerprint density at radius 3 is 2.50 bits per heavy atom. The van der Waals surface area contributed by atoms with Gasteiger partial charge in [0.15, 0.2) is 11.0 Å². The van der Waals surface area contributed by atoms with E-state index in [1.54, 1.807) is 43.3 Å². The summed E-state index contributed by atoms with van der Waals surface area (Å²) in [5.74, 6) is 0.604. The van der Waals surface area contributed by atoms with E-state index >= 15 is 0 Å². The molecule has 0 radical (unpaired) electrons. The van der Waals surface area contributed by atoms with Crippen molar-refractivity contribution in [3.8, 4) is 0 Å². The molecular formula is C15H20ClN5O2S. The van der Waals surface area contributed by atoms with Crippen molar-refractivity contribution in [1.29, 1.82) is 0 Å². The van der Waals surface area contributed by atoms with Crippen molar-refractivity contribution in [3.63, 3.8) is 0 Å². The molecule has 0 spiro atoms. The molecule has 130 valence electrons. The second-order valence-corrected chi connectivity index (χ2v) is 7.37. The van der Waals surface area contributed by atoms with Crippen molar-refractivity contribution in [2.24, 2.45) is 0 Å². The summed E-state index contributed by atoms with van der Waals surface area (Å²) in [5, 5.41) is 3.26. The van der Waals surface area contributed by atoms with Gasteiger partial charge < -0.3 is 10.2 Å². The molecule has 2 aromatic rings. The molecule has 1 aromatic heterocycles. The van der Waals surface area contributed by atoms with Gasteiger partial charge in [0.1, 0.15) is 12.0 Å². The molecule has 1 heterocycles. The van der Waals surface area contributed by atoms with Crippen molar-refractivity contribution in [2.45, 2.75) is 11.8 Å². The fraction of sp³-hybridized carbons (Fsp3) is 0.333. The molecule has 0 bridgehead atoms. The highest BCUT2D eigenvalue weighted by molar-refractivity contribution is 7.89. The summed E-state index contributed by atoms with van der Waals surface area (Å²) in [6.45, 7) is 2.57. The smallest absolute Gasteiger partial charge is 0.240 e. The van der Waals surface area contributed by atoms with Gasteiger partial charge in [0.05, 0.1) is 4.90 Å². The minimum atomic E-state index is -3.53. The molecule has 0 saturated heterocycles. The van der Waals surface area contributed by atoms with Crippen LogP contribution in [0.3, 0.4) is 0 Å². The van der Waals surface area contributed by atoms with Crippen LogP contribution in [-0.2, 0) is 10.0 Å². The van der Waals surface area contributed by atoms with Gasteiger partial charge in [0.2, 0.25) is 10.0 Å². The van der Waals surface area contributed by atoms with Crippen LogP contribution < -0.4 is 14.9 Å². The number of nitrogens with zero attached hydrogens (tertiary/aromatic N) is 3. The van der Waals surface area contributed by atoms with Crippen LogP contribution in [0.2, 0.25) is 5.15 Å². The average molecular weight is 370 g/mol. The van der Waals surface area contributed by atoms with E-state index in [4.69, 9.17) is 11.6 Å². The SMILES string of the molecule is CNc1c(Cl)ncnc1N(C)CCNS(=O)(=O)c1ccc(C)cc1. The standard InChI is InChI=1S/C15H20ClN5O2S/c1-11-4-6-12(7-5-11)24(22,23)20-8-9-21(3)15-13(17-2)14(16)18-10-19-15/h4-7,10,17,20H,8-9H2,1-3H3. The minimum absolute atomic E-state index is 0.234. The molecular weight excluding hydrogens is 350 g/mol. The molecule has 2 N–H and O–H groups in total. The molecule has 0 amide bonds. The second-order valence-electron chi connectivity index (χ2n) is 5.25. The summed E-state index contributed by atoms with van der Waals surface area (Å²) in [6, 6.07) is 6.71. The van der Waals surface area contributed by atoms with E-state index in [1.807, 2.05) is 6.92 Å². The van der Waals surface area contributed by atoms with Gasteiger partial charge in [0, 0.05) is 27.2 Å². The minimum Gasteiger partial charge on any atom is -0.383 e. The summed E-state index contributed by atoms with van der Waals surface area (Å²) in [6.07, 6.45) is 1.37. The molecule has 0 aliphatic rings. The predicted octanol–water partition coefficient (Wildman–Crippen LogP) is 1.89. The van der Waals surface area contributed by atoms with Gasteiger partial charge in [0.25, 0.3) is 0 Å². The number of nitrogens with one attached hydrogen (secondary N) is 2. The molecule has 7 nitrogen and oxygen atoms in total. The first-order chi connectivity index (χ1) is 11.3. The second kappa shape index (κ2) is 7.78. The number of halogens is 1. The van der Waals surface area contributed by atoms with Gasteiger partial charge in [-0.2, -0.15) is 0 Å². The third kappa shape index (κ3) is 4.34. The Morgan fingerprint density at radius 1 is 1.21 bits per heavy atom. The quantitative estimate of drug-likeness (QED) is 0.725. The Balaban J connectivity index is 2.01. The Morgan fingerprint density at radius 2 is 1.88 bits per heavy atom. The van der Waals surface area contributed by atoms with Crippen molar-refractivity contribution >= 4 is 33.1 Å². The van der Waals surface area contributed by atoms with Crippen molar-refractivity contribution in [2.75, 3.05) is 37.4 Å². The third-order valence-electron chi connectivity index (χ3n) is 3.46. The molecule has 1 aromatic carbocycles. The fourth-order valence-electron chi connectivity index (χ4n) is 2.11. The first-order valence-electron chi connectivity index (χ1n) is 7.31. The molecule has 0 unspecified atom stereocenters. The van der Waals surface area contributed by atoms with Gasteiger partial charge in [-0.25, -0.2) is 23.1 Å². The van der Waals surface area contributed by atoms with Gasteiger partial charge in [-0.15, -0.1) is 0 Å². The van der Waals surface area contributed by atoms with Crippen LogP contribution in [0.5, 0.6) is 0 Å². The highest BCUT2D eigenvalue weighted by Gasteiger charge is 2.15. The van der Waals surface area contributed by atoms with Crippen LogP contribution in [0.1, 0.15) is 5.56 Å². The van der Waals surface area contributed by atoms with E-state index in [9.17, 15) is 8.42 Å². The first-order valence-corrected chi connectivity index (χ1v) is 9.17. The van der Waals surface area contributed by atoms with Crippen LogP contribution in [0.4, 0.5) is 11.5 Å². The summed E-state index contributed by atoms with van der Waals surface area (Å²) in [5.41, 5.74) is 1.61. The number of aromatic nitrogens is 2. The Bertz CT molecular complexity index is 796. The van der Waals surface area contributed by atoms with Crippen LogP contribution in [0.25, 0.3) is 0 Å². The molecule has 0 saturated carbocycles. The Kier molecular flexibility index (Phi) is 5.98. The third-order valence-corrected chi connectivity index (χ3v) is 5.23. The van der Waals surface area contributed by atoms with Crippen LogP contribution in [-0.4, -0.2) is 45.6 Å². The zero-order chi connectivity index (χ0) is 17.7. The number of benzene rings is 1. The molecule has 0 fully saturated rings. The summed E-state index contributed by atoms with van der Waals surface area (Å²) < 4.78 is 27.1. The van der Waals surface area contributed by atoms with E-state index < -0.39 is 10.0 Å². The van der Waals surface area contributed by atoms with E-state index in [2.05, 4.69) is 20.0 Å². The topological polar surface area (TPSA) is 87.2 Å². The van der Waals surface area contributed by atoms with Gasteiger partial charge in [-0.3, -0.25) is 0 Å².